The van der Waals surface area contributed by atoms with E-state index in [1.54, 1.807) is 0 Å². The van der Waals surface area contributed by atoms with Crippen molar-refractivity contribution in [3.05, 3.63) is 127 Å². The van der Waals surface area contributed by atoms with Gasteiger partial charge in [-0.05, 0) is 0 Å². The van der Waals surface area contributed by atoms with Crippen molar-refractivity contribution in [2.75, 3.05) is 0 Å². The second-order valence-electron chi connectivity index (χ2n) is 4.31. The molecular formula is C22H22Fe2+4. The van der Waals surface area contributed by atoms with Crippen LogP contribution in [0, 0.1) is 0 Å². The summed E-state index contributed by atoms with van der Waals surface area (Å²) in [5, 5.41) is 0. The van der Waals surface area contributed by atoms with E-state index >= 15 is 0 Å². The molecule has 2 heteroatoms. The predicted octanol–water partition coefficient (Wildman–Crippen LogP) is 6.26. The molecule has 0 heterocycles. The molecule has 0 radical (unpaired) electrons. The van der Waals surface area contributed by atoms with Gasteiger partial charge in [0.25, 0.3) is 0 Å². The maximum Gasteiger partial charge on any atom is 6.00 e. The van der Waals surface area contributed by atoms with Crippen LogP contribution in [0.4, 0.5) is 0 Å². The van der Waals surface area contributed by atoms with E-state index in [-0.39, 0.29) is 34.1 Å². The molecule has 0 amide bonds. The molecule has 0 aliphatic heterocycles. The average molecular weight is 398 g/mol. The van der Waals surface area contributed by atoms with Crippen LogP contribution in [0.15, 0.2) is 122 Å². The third kappa shape index (κ3) is 15.1. The number of hydrogen-bond acceptors (Lipinski definition) is 0. The van der Waals surface area contributed by atoms with E-state index in [1.807, 2.05) is 121 Å². The maximum absolute atomic E-state index is 3.60. The molecule has 0 unspecified atom stereocenters. The van der Waals surface area contributed by atoms with Crippen molar-refractivity contribution < 1.29 is 34.1 Å². The molecular weight excluding hydrogens is 376 g/mol. The van der Waals surface area contributed by atoms with Crippen LogP contribution in [-0.4, -0.2) is 0 Å². The molecule has 0 aliphatic rings. The van der Waals surface area contributed by atoms with Crippen LogP contribution >= 0.6 is 0 Å². The Morgan fingerprint density at radius 3 is 1.08 bits per heavy atom. The van der Waals surface area contributed by atoms with Crippen LogP contribution in [0.5, 0.6) is 0 Å². The van der Waals surface area contributed by atoms with Crippen LogP contribution in [0.2, 0.25) is 0 Å². The molecule has 0 bridgehead atoms. The zero-order valence-electron chi connectivity index (χ0n) is 13.5. The number of hydrogen-bond donors (Lipinski definition) is 0. The van der Waals surface area contributed by atoms with E-state index in [1.165, 1.54) is 5.56 Å². The summed E-state index contributed by atoms with van der Waals surface area (Å²) in [6.45, 7) is 3.60. The Morgan fingerprint density at radius 2 is 0.917 bits per heavy atom. The predicted molar refractivity (Wildman–Crippen MR) is 98.2 cm³/mol. The minimum absolute atomic E-state index is 0. The van der Waals surface area contributed by atoms with Crippen LogP contribution in [0.3, 0.4) is 0 Å². The van der Waals surface area contributed by atoms with Gasteiger partial charge in [0.2, 0.25) is 0 Å². The first-order valence-corrected chi connectivity index (χ1v) is 7.27. The maximum atomic E-state index is 3.60. The molecule has 0 spiro atoms. The van der Waals surface area contributed by atoms with Crippen LogP contribution in [0.25, 0.3) is 6.08 Å². The zero-order valence-corrected chi connectivity index (χ0v) is 15.7. The monoisotopic (exact) mass is 398 g/mol. The van der Waals surface area contributed by atoms with Gasteiger partial charge in [0.15, 0.2) is 0 Å². The van der Waals surface area contributed by atoms with E-state index in [4.69, 9.17) is 0 Å². The fraction of sp³-hybridized carbons (Fsp3) is 0. The van der Waals surface area contributed by atoms with Gasteiger partial charge in [-0.15, -0.1) is 23.8 Å². The van der Waals surface area contributed by atoms with Crippen molar-refractivity contribution in [2.24, 2.45) is 0 Å². The smallest absolute Gasteiger partial charge is 0.748 e. The number of rotatable bonds is 1. The largest absolute Gasteiger partial charge is 6.00 e. The first-order chi connectivity index (χ1) is 10.9. The van der Waals surface area contributed by atoms with E-state index in [9.17, 15) is 0 Å². The van der Waals surface area contributed by atoms with Crippen molar-refractivity contribution in [3.8, 4) is 0 Å². The Balaban J connectivity index is 0. The molecule has 0 aromatic heterocycles. The van der Waals surface area contributed by atoms with E-state index < -0.39 is 0 Å². The summed E-state index contributed by atoms with van der Waals surface area (Å²) in [6.07, 6.45) is 1.83. The standard InChI is InChI=1S/C7H7.3C5H5.2Fe/c1-2-7-5-3-4-6-7;3*1-2-4-5-3-1;;/h2-6H,1H2;3*1-5H;;/q-1;-5;2*-1;2*+6. The second kappa shape index (κ2) is 19.2. The molecule has 0 fully saturated rings. The van der Waals surface area contributed by atoms with E-state index in [0.717, 1.165) is 0 Å². The van der Waals surface area contributed by atoms with Gasteiger partial charge < -0.3 is 30.3 Å². The summed E-state index contributed by atoms with van der Waals surface area (Å²) in [7, 11) is 0. The summed E-state index contributed by atoms with van der Waals surface area (Å²) in [6, 6.07) is 38.0. The molecule has 0 saturated heterocycles. The Labute approximate surface area is 167 Å². The van der Waals surface area contributed by atoms with Crippen LogP contribution in [-0.2, 0) is 34.1 Å². The average Bonchev–Trinajstić information content (AvgIpc) is 3.44. The summed E-state index contributed by atoms with van der Waals surface area (Å²) in [4.78, 5) is 0. The minimum Gasteiger partial charge on any atom is -0.748 e. The molecule has 0 aliphatic carbocycles. The summed E-state index contributed by atoms with van der Waals surface area (Å²) < 4.78 is 0. The zero-order chi connectivity index (χ0) is 15.7. The topological polar surface area (TPSA) is 0 Å². The van der Waals surface area contributed by atoms with Gasteiger partial charge in [0, 0.05) is 0 Å². The van der Waals surface area contributed by atoms with Crippen molar-refractivity contribution >= 4 is 6.08 Å². The van der Waals surface area contributed by atoms with Crippen molar-refractivity contribution in [2.45, 2.75) is 0 Å². The Kier molecular flexibility index (Phi) is 19.6. The first-order valence-electron chi connectivity index (χ1n) is 7.27. The van der Waals surface area contributed by atoms with Crippen molar-refractivity contribution in [1.29, 1.82) is 0 Å². The molecule has 122 valence electrons. The summed E-state index contributed by atoms with van der Waals surface area (Å²) in [5.41, 5.74) is 1.19. The molecule has 0 saturated carbocycles. The van der Waals surface area contributed by atoms with E-state index in [2.05, 4.69) is 6.58 Å². The van der Waals surface area contributed by atoms with Crippen molar-refractivity contribution in [1.82, 2.24) is 0 Å². The third-order valence-corrected chi connectivity index (χ3v) is 2.59. The van der Waals surface area contributed by atoms with Crippen molar-refractivity contribution in [3.63, 3.8) is 0 Å². The quantitative estimate of drug-likeness (QED) is 0.262. The van der Waals surface area contributed by atoms with Gasteiger partial charge in [-0.1, -0.05) is 0 Å². The molecule has 4 rings (SSSR count). The summed E-state index contributed by atoms with van der Waals surface area (Å²) >= 11 is 0. The SMILES string of the molecule is C=C[c-]1cccc1.[Fe+6].[Fe+6].[cH-]1[cH-][cH-][cH-][cH-]1.c1cc[cH-]c1.c1cc[cH-]c1. The van der Waals surface area contributed by atoms with Gasteiger partial charge in [0.1, 0.15) is 0 Å². The Hall–Kier alpha value is -1.82. The molecule has 0 nitrogen and oxygen atoms in total. The fourth-order valence-corrected chi connectivity index (χ4v) is 1.49. The molecule has 4 aromatic rings. The molecule has 4 aromatic carbocycles. The summed E-state index contributed by atoms with van der Waals surface area (Å²) in [5.74, 6) is 0. The van der Waals surface area contributed by atoms with Crippen LogP contribution < -0.4 is 0 Å². The normalized spacial score (nSPS) is 7.50. The van der Waals surface area contributed by atoms with Gasteiger partial charge >= 0.3 is 34.1 Å². The third-order valence-electron chi connectivity index (χ3n) is 2.59. The van der Waals surface area contributed by atoms with E-state index in [0.29, 0.717) is 0 Å². The molecule has 24 heavy (non-hydrogen) atoms. The van der Waals surface area contributed by atoms with Gasteiger partial charge in [-0.25, -0.2) is 24.3 Å². The van der Waals surface area contributed by atoms with Gasteiger partial charge in [-0.2, -0.15) is 55.1 Å². The minimum atomic E-state index is 0. The second-order valence-corrected chi connectivity index (χ2v) is 4.31. The fourth-order valence-electron chi connectivity index (χ4n) is 1.49. The Bertz CT molecular complexity index is 484. The van der Waals surface area contributed by atoms with Crippen LogP contribution in [0.1, 0.15) is 5.56 Å². The van der Waals surface area contributed by atoms with Gasteiger partial charge in [0.05, 0.1) is 0 Å². The molecule has 0 atom stereocenters. The van der Waals surface area contributed by atoms with Gasteiger partial charge in [-0.3, -0.25) is 0 Å². The first kappa shape index (κ1) is 24.4. The Morgan fingerprint density at radius 1 is 0.583 bits per heavy atom. The molecule has 0 N–H and O–H groups in total.